The average Bonchev–Trinajstić information content (AvgIpc) is 2.96. The van der Waals surface area contributed by atoms with Crippen LogP contribution in [0.5, 0.6) is 5.75 Å². The largest absolute Gasteiger partial charge is 0.493 e. The van der Waals surface area contributed by atoms with Crippen molar-refractivity contribution in [3.63, 3.8) is 0 Å². The zero-order valence-corrected chi connectivity index (χ0v) is 11.1. The molecule has 1 unspecified atom stereocenters. The standard InChI is InChI=1S/C15H22N2O/c1-15(10-16)5-6-17(11-15)9-12-2-3-14-13(8-12)4-7-18-14/h2-3,8H,4-7,9-11,16H2,1H3. The molecule has 0 bridgehead atoms. The minimum Gasteiger partial charge on any atom is -0.493 e. The van der Waals surface area contributed by atoms with E-state index in [-0.39, 0.29) is 0 Å². The van der Waals surface area contributed by atoms with Crippen molar-refractivity contribution in [3.8, 4) is 5.75 Å². The molecule has 1 aromatic rings. The summed E-state index contributed by atoms with van der Waals surface area (Å²) >= 11 is 0. The maximum atomic E-state index is 5.85. The summed E-state index contributed by atoms with van der Waals surface area (Å²) in [5.41, 5.74) is 8.95. The van der Waals surface area contributed by atoms with Gasteiger partial charge in [0.2, 0.25) is 0 Å². The molecule has 1 atom stereocenters. The van der Waals surface area contributed by atoms with Gasteiger partial charge in [0, 0.05) is 19.5 Å². The van der Waals surface area contributed by atoms with Gasteiger partial charge in [-0.2, -0.15) is 0 Å². The molecule has 2 heterocycles. The molecular weight excluding hydrogens is 224 g/mol. The van der Waals surface area contributed by atoms with Gasteiger partial charge in [0.25, 0.3) is 0 Å². The van der Waals surface area contributed by atoms with Gasteiger partial charge in [-0.1, -0.05) is 19.1 Å². The van der Waals surface area contributed by atoms with Crippen LogP contribution in [0.3, 0.4) is 0 Å². The molecule has 1 aromatic carbocycles. The van der Waals surface area contributed by atoms with Crippen molar-refractivity contribution in [2.75, 3.05) is 26.2 Å². The highest BCUT2D eigenvalue weighted by atomic mass is 16.5. The summed E-state index contributed by atoms with van der Waals surface area (Å²) in [4.78, 5) is 2.52. The third-order valence-electron chi connectivity index (χ3n) is 4.29. The maximum absolute atomic E-state index is 5.85. The molecule has 0 amide bonds. The number of hydrogen-bond donors (Lipinski definition) is 1. The summed E-state index contributed by atoms with van der Waals surface area (Å²) < 4.78 is 5.54. The molecule has 0 spiro atoms. The van der Waals surface area contributed by atoms with Gasteiger partial charge in [0.15, 0.2) is 0 Å². The molecule has 98 valence electrons. The van der Waals surface area contributed by atoms with Crippen molar-refractivity contribution in [2.45, 2.75) is 26.3 Å². The fourth-order valence-corrected chi connectivity index (χ4v) is 3.02. The smallest absolute Gasteiger partial charge is 0.122 e. The van der Waals surface area contributed by atoms with E-state index >= 15 is 0 Å². The minimum absolute atomic E-state index is 0.319. The van der Waals surface area contributed by atoms with Gasteiger partial charge >= 0.3 is 0 Å². The monoisotopic (exact) mass is 246 g/mol. The van der Waals surface area contributed by atoms with Gasteiger partial charge in [-0.15, -0.1) is 0 Å². The van der Waals surface area contributed by atoms with E-state index in [1.165, 1.54) is 24.1 Å². The zero-order valence-electron chi connectivity index (χ0n) is 11.1. The van der Waals surface area contributed by atoms with Crippen LogP contribution in [0, 0.1) is 5.41 Å². The first-order valence-corrected chi connectivity index (χ1v) is 6.86. The Morgan fingerprint density at radius 3 is 3.11 bits per heavy atom. The molecule has 3 rings (SSSR count). The van der Waals surface area contributed by atoms with Crippen LogP contribution >= 0.6 is 0 Å². The Morgan fingerprint density at radius 1 is 1.44 bits per heavy atom. The number of ether oxygens (including phenoxy) is 1. The summed E-state index contributed by atoms with van der Waals surface area (Å²) in [7, 11) is 0. The number of hydrogen-bond acceptors (Lipinski definition) is 3. The highest BCUT2D eigenvalue weighted by molar-refractivity contribution is 5.39. The summed E-state index contributed by atoms with van der Waals surface area (Å²) in [6.07, 6.45) is 2.28. The second-order valence-electron chi connectivity index (χ2n) is 6.02. The molecule has 18 heavy (non-hydrogen) atoms. The quantitative estimate of drug-likeness (QED) is 0.883. The molecule has 2 aliphatic heterocycles. The van der Waals surface area contributed by atoms with Crippen LogP contribution in [-0.2, 0) is 13.0 Å². The van der Waals surface area contributed by atoms with Crippen LogP contribution in [-0.4, -0.2) is 31.1 Å². The molecule has 0 saturated carbocycles. The van der Waals surface area contributed by atoms with Crippen LogP contribution in [0.25, 0.3) is 0 Å². The fourth-order valence-electron chi connectivity index (χ4n) is 3.02. The lowest BCUT2D eigenvalue weighted by Crippen LogP contribution is -2.31. The van der Waals surface area contributed by atoms with E-state index in [9.17, 15) is 0 Å². The molecule has 3 heteroatoms. The van der Waals surface area contributed by atoms with Crippen LogP contribution in [0.1, 0.15) is 24.5 Å². The Labute approximate surface area is 109 Å². The van der Waals surface area contributed by atoms with Crippen LogP contribution in [0.2, 0.25) is 0 Å². The fraction of sp³-hybridized carbons (Fsp3) is 0.600. The van der Waals surface area contributed by atoms with E-state index in [0.717, 1.165) is 38.4 Å². The molecular formula is C15H22N2O. The van der Waals surface area contributed by atoms with Crippen molar-refractivity contribution in [2.24, 2.45) is 11.1 Å². The maximum Gasteiger partial charge on any atom is 0.122 e. The van der Waals surface area contributed by atoms with Gasteiger partial charge < -0.3 is 10.5 Å². The van der Waals surface area contributed by atoms with E-state index in [2.05, 4.69) is 30.0 Å². The second kappa shape index (κ2) is 4.56. The lowest BCUT2D eigenvalue weighted by Gasteiger charge is -2.22. The number of likely N-dealkylation sites (tertiary alicyclic amines) is 1. The Bertz CT molecular complexity index is 446. The van der Waals surface area contributed by atoms with Gasteiger partial charge in [0.1, 0.15) is 5.75 Å². The third kappa shape index (κ3) is 2.25. The molecule has 2 N–H and O–H groups in total. The van der Waals surface area contributed by atoms with Gasteiger partial charge in [0.05, 0.1) is 6.61 Å². The summed E-state index contributed by atoms with van der Waals surface area (Å²) in [5.74, 6) is 1.08. The van der Waals surface area contributed by atoms with Gasteiger partial charge in [-0.3, -0.25) is 4.90 Å². The van der Waals surface area contributed by atoms with Crippen molar-refractivity contribution >= 4 is 0 Å². The van der Waals surface area contributed by atoms with Crippen molar-refractivity contribution in [1.29, 1.82) is 0 Å². The Balaban J connectivity index is 1.67. The van der Waals surface area contributed by atoms with E-state index in [1.807, 2.05) is 0 Å². The highest BCUT2D eigenvalue weighted by Crippen LogP contribution is 2.31. The third-order valence-corrected chi connectivity index (χ3v) is 4.29. The predicted octanol–water partition coefficient (Wildman–Crippen LogP) is 1.79. The normalized spacial score (nSPS) is 27.2. The molecule has 1 saturated heterocycles. The lowest BCUT2D eigenvalue weighted by molar-refractivity contribution is 0.274. The van der Waals surface area contributed by atoms with E-state index in [0.29, 0.717) is 5.41 Å². The number of nitrogens with two attached hydrogens (primary N) is 1. The molecule has 0 radical (unpaired) electrons. The predicted molar refractivity (Wildman–Crippen MR) is 72.7 cm³/mol. The first-order valence-electron chi connectivity index (χ1n) is 6.86. The van der Waals surface area contributed by atoms with Crippen LogP contribution in [0.4, 0.5) is 0 Å². The summed E-state index contributed by atoms with van der Waals surface area (Å²) in [6, 6.07) is 6.62. The minimum atomic E-state index is 0.319. The van der Waals surface area contributed by atoms with E-state index in [1.54, 1.807) is 0 Å². The van der Waals surface area contributed by atoms with Crippen molar-refractivity contribution in [3.05, 3.63) is 29.3 Å². The highest BCUT2D eigenvalue weighted by Gasteiger charge is 2.32. The zero-order chi connectivity index (χ0) is 12.6. The van der Waals surface area contributed by atoms with Crippen molar-refractivity contribution < 1.29 is 4.74 Å². The lowest BCUT2D eigenvalue weighted by atomic mass is 9.90. The Morgan fingerprint density at radius 2 is 2.33 bits per heavy atom. The molecule has 3 nitrogen and oxygen atoms in total. The summed E-state index contributed by atoms with van der Waals surface area (Å²) in [5, 5.41) is 0. The molecule has 2 aliphatic rings. The van der Waals surface area contributed by atoms with Gasteiger partial charge in [-0.25, -0.2) is 0 Å². The SMILES string of the molecule is CC1(CN)CCN(Cc2ccc3c(c2)CCO3)C1. The topological polar surface area (TPSA) is 38.5 Å². The Hall–Kier alpha value is -1.06. The first-order chi connectivity index (χ1) is 8.68. The number of rotatable bonds is 3. The van der Waals surface area contributed by atoms with Crippen LogP contribution < -0.4 is 10.5 Å². The number of nitrogens with zero attached hydrogens (tertiary/aromatic N) is 1. The first kappa shape index (κ1) is 12.0. The van der Waals surface area contributed by atoms with Gasteiger partial charge in [-0.05, 0) is 42.1 Å². The van der Waals surface area contributed by atoms with E-state index < -0.39 is 0 Å². The van der Waals surface area contributed by atoms with Crippen molar-refractivity contribution in [1.82, 2.24) is 4.90 Å². The van der Waals surface area contributed by atoms with Crippen LogP contribution in [0.15, 0.2) is 18.2 Å². The van der Waals surface area contributed by atoms with E-state index in [4.69, 9.17) is 10.5 Å². The molecule has 0 aliphatic carbocycles. The second-order valence-corrected chi connectivity index (χ2v) is 6.02. The molecule has 0 aromatic heterocycles. The molecule has 1 fully saturated rings. The number of fused-ring (bicyclic) bond motifs is 1. The summed E-state index contributed by atoms with van der Waals surface area (Å²) in [6.45, 7) is 7.26. The Kier molecular flexibility index (Phi) is 3.04. The number of benzene rings is 1. The average molecular weight is 246 g/mol.